The van der Waals surface area contributed by atoms with Crippen LogP contribution in [0.15, 0.2) is 53.4 Å². The lowest BCUT2D eigenvalue weighted by atomic mass is 9.77. The molecule has 0 aromatic heterocycles. The molecular formula is C24H26Cl2N2O2S. The lowest BCUT2D eigenvalue weighted by Crippen LogP contribution is -2.38. The molecule has 3 unspecified atom stereocenters. The highest BCUT2D eigenvalue weighted by Crippen LogP contribution is 2.52. The first kappa shape index (κ1) is 21.3. The molecule has 164 valence electrons. The SMILES string of the molecule is CC1CCN(S(=O)(=O)c2ccc3c(c2)C2C=CCC2C(c2c(Cl)cccc2Cl)N3)CC1. The minimum absolute atomic E-state index is 0.0280. The van der Waals surface area contributed by atoms with Gasteiger partial charge in [-0.1, -0.05) is 48.3 Å². The van der Waals surface area contributed by atoms with E-state index < -0.39 is 10.0 Å². The molecule has 2 aliphatic heterocycles. The summed E-state index contributed by atoms with van der Waals surface area (Å²) in [6.07, 6.45) is 7.10. The number of halogens is 2. The van der Waals surface area contributed by atoms with Crippen LogP contribution in [0.5, 0.6) is 0 Å². The van der Waals surface area contributed by atoms with Crippen LogP contribution in [0.2, 0.25) is 10.0 Å². The molecule has 0 saturated carbocycles. The molecule has 5 rings (SSSR count). The third-order valence-corrected chi connectivity index (χ3v) is 9.58. The van der Waals surface area contributed by atoms with E-state index in [1.807, 2.05) is 30.3 Å². The van der Waals surface area contributed by atoms with Gasteiger partial charge in [0.05, 0.1) is 10.9 Å². The van der Waals surface area contributed by atoms with E-state index in [0.717, 1.165) is 36.1 Å². The van der Waals surface area contributed by atoms with Crippen LogP contribution in [-0.4, -0.2) is 25.8 Å². The third kappa shape index (κ3) is 3.70. The first-order valence-electron chi connectivity index (χ1n) is 10.9. The van der Waals surface area contributed by atoms with Crippen LogP contribution in [-0.2, 0) is 10.0 Å². The Balaban J connectivity index is 1.52. The Morgan fingerprint density at radius 2 is 1.77 bits per heavy atom. The highest BCUT2D eigenvalue weighted by molar-refractivity contribution is 7.89. The van der Waals surface area contributed by atoms with Gasteiger partial charge in [0, 0.05) is 40.3 Å². The summed E-state index contributed by atoms with van der Waals surface area (Å²) < 4.78 is 28.2. The summed E-state index contributed by atoms with van der Waals surface area (Å²) in [5.41, 5.74) is 2.89. The highest BCUT2D eigenvalue weighted by atomic mass is 35.5. The molecule has 0 amide bonds. The Labute approximate surface area is 194 Å². The van der Waals surface area contributed by atoms with Crippen molar-refractivity contribution in [1.29, 1.82) is 0 Å². The van der Waals surface area contributed by atoms with Gasteiger partial charge >= 0.3 is 0 Å². The molecule has 2 aromatic carbocycles. The largest absolute Gasteiger partial charge is 0.378 e. The van der Waals surface area contributed by atoms with E-state index in [1.165, 1.54) is 0 Å². The number of fused-ring (bicyclic) bond motifs is 3. The Hall–Kier alpha value is -1.53. The summed E-state index contributed by atoms with van der Waals surface area (Å²) in [6.45, 7) is 3.37. The number of hydrogen-bond donors (Lipinski definition) is 1. The van der Waals surface area contributed by atoms with Crippen molar-refractivity contribution in [3.8, 4) is 0 Å². The predicted molar refractivity (Wildman–Crippen MR) is 126 cm³/mol. The number of allylic oxidation sites excluding steroid dienone is 2. The Kier molecular flexibility index (Phi) is 5.58. The zero-order valence-electron chi connectivity index (χ0n) is 17.4. The molecule has 2 heterocycles. The van der Waals surface area contributed by atoms with Crippen LogP contribution in [0.3, 0.4) is 0 Å². The summed E-state index contributed by atoms with van der Waals surface area (Å²) in [5, 5.41) is 4.91. The summed E-state index contributed by atoms with van der Waals surface area (Å²) in [6, 6.07) is 11.1. The molecule has 0 bridgehead atoms. The van der Waals surface area contributed by atoms with Crippen LogP contribution in [0, 0.1) is 11.8 Å². The minimum atomic E-state index is -3.49. The maximum absolute atomic E-state index is 13.3. The molecule has 4 nitrogen and oxygen atoms in total. The quantitative estimate of drug-likeness (QED) is 0.533. The molecule has 31 heavy (non-hydrogen) atoms. The zero-order valence-corrected chi connectivity index (χ0v) is 19.7. The van der Waals surface area contributed by atoms with Crippen molar-refractivity contribution in [3.05, 3.63) is 69.7 Å². The van der Waals surface area contributed by atoms with Gasteiger partial charge in [-0.15, -0.1) is 0 Å². The van der Waals surface area contributed by atoms with Crippen molar-refractivity contribution in [1.82, 2.24) is 4.31 Å². The highest BCUT2D eigenvalue weighted by Gasteiger charge is 2.40. The minimum Gasteiger partial charge on any atom is -0.378 e. The average Bonchev–Trinajstić information content (AvgIpc) is 3.24. The van der Waals surface area contributed by atoms with Gasteiger partial charge in [-0.2, -0.15) is 4.31 Å². The lowest BCUT2D eigenvalue weighted by molar-refractivity contribution is 0.288. The van der Waals surface area contributed by atoms with Crippen LogP contribution in [0.4, 0.5) is 5.69 Å². The molecule has 1 fully saturated rings. The summed E-state index contributed by atoms with van der Waals surface area (Å²) in [4.78, 5) is 0.385. The number of anilines is 1. The molecular weight excluding hydrogens is 451 g/mol. The molecule has 0 spiro atoms. The lowest BCUT2D eigenvalue weighted by Gasteiger charge is -2.38. The second-order valence-corrected chi connectivity index (χ2v) is 11.7. The van der Waals surface area contributed by atoms with Crippen molar-refractivity contribution in [2.75, 3.05) is 18.4 Å². The smallest absolute Gasteiger partial charge is 0.243 e. The van der Waals surface area contributed by atoms with Crippen LogP contribution in [0.25, 0.3) is 0 Å². The van der Waals surface area contributed by atoms with Gasteiger partial charge < -0.3 is 5.32 Å². The number of sulfonamides is 1. The first-order chi connectivity index (χ1) is 14.9. The van der Waals surface area contributed by atoms with Crippen LogP contribution >= 0.6 is 23.2 Å². The Morgan fingerprint density at radius 1 is 1.06 bits per heavy atom. The molecule has 1 saturated heterocycles. The summed E-state index contributed by atoms with van der Waals surface area (Å²) in [5.74, 6) is 0.945. The standard InChI is InChI=1S/C24H26Cl2N2O2S/c1-15-10-12-28(13-11-15)31(29,30)16-8-9-22-19(14-16)17-4-2-5-18(17)24(27-22)23-20(25)6-3-7-21(23)26/h2-4,6-9,14-15,17-18,24,27H,5,10-13H2,1H3. The summed E-state index contributed by atoms with van der Waals surface area (Å²) >= 11 is 13.1. The molecule has 1 aliphatic carbocycles. The number of piperidine rings is 1. The monoisotopic (exact) mass is 476 g/mol. The van der Waals surface area contributed by atoms with E-state index in [1.54, 1.807) is 10.4 Å². The van der Waals surface area contributed by atoms with E-state index in [2.05, 4.69) is 24.4 Å². The molecule has 1 N–H and O–H groups in total. The van der Waals surface area contributed by atoms with Gasteiger partial charge in [0.1, 0.15) is 0 Å². The van der Waals surface area contributed by atoms with Crippen molar-refractivity contribution in [3.63, 3.8) is 0 Å². The molecule has 3 atom stereocenters. The van der Waals surface area contributed by atoms with Crippen molar-refractivity contribution < 1.29 is 8.42 Å². The number of benzene rings is 2. The van der Waals surface area contributed by atoms with Gasteiger partial charge in [0.25, 0.3) is 0 Å². The maximum atomic E-state index is 13.3. The van der Waals surface area contributed by atoms with E-state index in [9.17, 15) is 8.42 Å². The predicted octanol–water partition coefficient (Wildman–Crippen LogP) is 6.24. The van der Waals surface area contributed by atoms with Crippen LogP contribution in [0.1, 0.15) is 49.3 Å². The van der Waals surface area contributed by atoms with Gasteiger partial charge in [-0.3, -0.25) is 0 Å². The van der Waals surface area contributed by atoms with Crippen molar-refractivity contribution >= 4 is 38.9 Å². The Bertz CT molecular complexity index is 1120. The van der Waals surface area contributed by atoms with Gasteiger partial charge in [-0.05, 0) is 67.0 Å². The van der Waals surface area contributed by atoms with Crippen molar-refractivity contribution in [2.45, 2.75) is 43.0 Å². The summed E-state index contributed by atoms with van der Waals surface area (Å²) in [7, 11) is -3.49. The van der Waals surface area contributed by atoms with E-state index in [0.29, 0.717) is 33.9 Å². The topological polar surface area (TPSA) is 49.4 Å². The number of rotatable bonds is 3. The van der Waals surface area contributed by atoms with E-state index >= 15 is 0 Å². The molecule has 7 heteroatoms. The van der Waals surface area contributed by atoms with E-state index in [4.69, 9.17) is 23.2 Å². The fraction of sp³-hybridized carbons (Fsp3) is 0.417. The second-order valence-electron chi connectivity index (χ2n) is 8.95. The number of nitrogens with zero attached hydrogens (tertiary/aromatic N) is 1. The molecule has 0 radical (unpaired) electrons. The number of nitrogens with one attached hydrogen (secondary N) is 1. The molecule has 3 aliphatic rings. The fourth-order valence-electron chi connectivity index (χ4n) is 5.20. The van der Waals surface area contributed by atoms with Gasteiger partial charge in [0.15, 0.2) is 0 Å². The van der Waals surface area contributed by atoms with E-state index in [-0.39, 0.29) is 17.9 Å². The molecule has 2 aromatic rings. The zero-order chi connectivity index (χ0) is 21.8. The van der Waals surface area contributed by atoms with Gasteiger partial charge in [0.2, 0.25) is 10.0 Å². The normalized spacial score (nSPS) is 26.4. The van der Waals surface area contributed by atoms with Gasteiger partial charge in [-0.25, -0.2) is 8.42 Å². The number of hydrogen-bond acceptors (Lipinski definition) is 3. The third-order valence-electron chi connectivity index (χ3n) is 7.03. The fourth-order valence-corrected chi connectivity index (χ4v) is 7.34. The Morgan fingerprint density at radius 3 is 2.48 bits per heavy atom. The average molecular weight is 477 g/mol. The second kappa shape index (κ2) is 8.11. The first-order valence-corrected chi connectivity index (χ1v) is 13.1. The van der Waals surface area contributed by atoms with Crippen molar-refractivity contribution in [2.24, 2.45) is 11.8 Å². The van der Waals surface area contributed by atoms with Crippen LogP contribution < -0.4 is 5.32 Å². The maximum Gasteiger partial charge on any atom is 0.243 e.